The number of nitrogen functional groups attached to an aromatic ring is 1. The summed E-state index contributed by atoms with van der Waals surface area (Å²) in [5, 5.41) is 0. The van der Waals surface area contributed by atoms with E-state index in [0.717, 1.165) is 17.4 Å². The van der Waals surface area contributed by atoms with E-state index >= 15 is 0 Å². The van der Waals surface area contributed by atoms with Crippen LogP contribution in [0.25, 0.3) is 0 Å². The molecule has 0 atom stereocenters. The minimum atomic E-state index is 0.257. The summed E-state index contributed by atoms with van der Waals surface area (Å²) in [5.74, 6) is 5.57. The molecule has 2 heteroatoms. The van der Waals surface area contributed by atoms with Crippen LogP contribution in [-0.2, 0) is 4.79 Å². The number of aldehydes is 1. The molecule has 13 heavy (non-hydrogen) atoms. The van der Waals surface area contributed by atoms with Crippen molar-refractivity contribution >= 4 is 12.0 Å². The van der Waals surface area contributed by atoms with E-state index in [1.807, 2.05) is 25.1 Å². The number of nitrogens with two attached hydrogens (primary N) is 1. The first-order valence-electron chi connectivity index (χ1n) is 4.02. The maximum atomic E-state index is 10.0. The summed E-state index contributed by atoms with van der Waals surface area (Å²) >= 11 is 0. The van der Waals surface area contributed by atoms with Crippen molar-refractivity contribution in [3.8, 4) is 11.8 Å². The molecular formula is C11H11NO. The summed E-state index contributed by atoms with van der Waals surface area (Å²) in [4.78, 5) is 10.0. The molecule has 0 spiro atoms. The lowest BCUT2D eigenvalue weighted by Gasteiger charge is -1.98. The molecule has 2 nitrogen and oxygen atoms in total. The Hall–Kier alpha value is -1.75. The zero-order valence-corrected chi connectivity index (χ0v) is 7.50. The largest absolute Gasteiger partial charge is 0.398 e. The molecule has 2 N–H and O–H groups in total. The lowest BCUT2D eigenvalue weighted by Crippen LogP contribution is -1.90. The van der Waals surface area contributed by atoms with Gasteiger partial charge in [-0.15, -0.1) is 0 Å². The van der Waals surface area contributed by atoms with Crippen molar-refractivity contribution in [2.45, 2.75) is 13.3 Å². The Bertz CT molecular complexity index is 371. The van der Waals surface area contributed by atoms with Crippen molar-refractivity contribution in [3.05, 3.63) is 29.3 Å². The summed E-state index contributed by atoms with van der Waals surface area (Å²) in [6.45, 7) is 1.98. The number of benzene rings is 1. The number of hydrogen-bond acceptors (Lipinski definition) is 2. The van der Waals surface area contributed by atoms with E-state index in [9.17, 15) is 4.79 Å². The molecular weight excluding hydrogens is 162 g/mol. The van der Waals surface area contributed by atoms with Gasteiger partial charge >= 0.3 is 0 Å². The van der Waals surface area contributed by atoms with Gasteiger partial charge in [0.25, 0.3) is 0 Å². The summed E-state index contributed by atoms with van der Waals surface area (Å²) in [5.41, 5.74) is 8.25. The van der Waals surface area contributed by atoms with Gasteiger partial charge in [0.2, 0.25) is 0 Å². The number of aryl methyl sites for hydroxylation is 1. The smallest absolute Gasteiger partial charge is 0.131 e. The SMILES string of the molecule is Cc1ccc(N)c(C#CCC=O)c1. The van der Waals surface area contributed by atoms with Gasteiger partial charge in [0.15, 0.2) is 0 Å². The average molecular weight is 173 g/mol. The molecule has 0 unspecified atom stereocenters. The number of anilines is 1. The van der Waals surface area contributed by atoms with Crippen LogP contribution in [0.15, 0.2) is 18.2 Å². The fraction of sp³-hybridized carbons (Fsp3) is 0.182. The van der Waals surface area contributed by atoms with Gasteiger partial charge in [-0.1, -0.05) is 17.9 Å². The first-order valence-corrected chi connectivity index (χ1v) is 4.02. The van der Waals surface area contributed by atoms with E-state index in [1.165, 1.54) is 0 Å². The Morgan fingerprint density at radius 2 is 2.31 bits per heavy atom. The first kappa shape index (κ1) is 9.34. The molecule has 0 heterocycles. The Kier molecular flexibility index (Phi) is 3.10. The highest BCUT2D eigenvalue weighted by Crippen LogP contribution is 2.11. The van der Waals surface area contributed by atoms with Gasteiger partial charge < -0.3 is 10.5 Å². The average Bonchev–Trinajstić information content (AvgIpc) is 2.11. The van der Waals surface area contributed by atoms with Crippen molar-refractivity contribution in [1.82, 2.24) is 0 Å². The van der Waals surface area contributed by atoms with Crippen LogP contribution in [0.2, 0.25) is 0 Å². The molecule has 66 valence electrons. The van der Waals surface area contributed by atoms with Crippen molar-refractivity contribution in [1.29, 1.82) is 0 Å². The molecule has 1 aromatic rings. The summed E-state index contributed by atoms with van der Waals surface area (Å²) in [6.07, 6.45) is 1.03. The van der Waals surface area contributed by atoms with Crippen LogP contribution in [0, 0.1) is 18.8 Å². The van der Waals surface area contributed by atoms with E-state index in [1.54, 1.807) is 0 Å². The molecule has 0 saturated heterocycles. The molecule has 0 saturated carbocycles. The van der Waals surface area contributed by atoms with Crippen molar-refractivity contribution in [3.63, 3.8) is 0 Å². The molecule has 0 fully saturated rings. The van der Waals surface area contributed by atoms with Crippen molar-refractivity contribution < 1.29 is 4.79 Å². The fourth-order valence-corrected chi connectivity index (χ4v) is 0.966. The highest BCUT2D eigenvalue weighted by molar-refractivity contribution is 5.59. The first-order chi connectivity index (χ1) is 6.24. The number of rotatable bonds is 1. The third-order valence-electron chi connectivity index (χ3n) is 1.62. The zero-order chi connectivity index (χ0) is 9.68. The van der Waals surface area contributed by atoms with Crippen LogP contribution < -0.4 is 5.73 Å². The van der Waals surface area contributed by atoms with E-state index in [4.69, 9.17) is 5.73 Å². The maximum Gasteiger partial charge on any atom is 0.131 e. The highest BCUT2D eigenvalue weighted by Gasteiger charge is 1.93. The molecule has 0 aliphatic heterocycles. The molecule has 0 amide bonds. The van der Waals surface area contributed by atoms with Gasteiger partial charge in [-0.3, -0.25) is 0 Å². The van der Waals surface area contributed by atoms with Crippen LogP contribution in [0.4, 0.5) is 5.69 Å². The summed E-state index contributed by atoms with van der Waals surface area (Å²) in [6, 6.07) is 5.66. The summed E-state index contributed by atoms with van der Waals surface area (Å²) < 4.78 is 0. The molecule has 0 aliphatic rings. The maximum absolute atomic E-state index is 10.0. The highest BCUT2D eigenvalue weighted by atomic mass is 16.1. The van der Waals surface area contributed by atoms with E-state index < -0.39 is 0 Å². The lowest BCUT2D eigenvalue weighted by atomic mass is 10.1. The van der Waals surface area contributed by atoms with Crippen LogP contribution >= 0.6 is 0 Å². The van der Waals surface area contributed by atoms with Crippen LogP contribution in [-0.4, -0.2) is 6.29 Å². The van der Waals surface area contributed by atoms with Crippen LogP contribution in [0.1, 0.15) is 17.5 Å². The summed E-state index contributed by atoms with van der Waals surface area (Å²) in [7, 11) is 0. The number of carbonyl (C=O) groups excluding carboxylic acids is 1. The van der Waals surface area contributed by atoms with Gasteiger partial charge in [-0.2, -0.15) is 0 Å². The predicted molar refractivity (Wildman–Crippen MR) is 53.2 cm³/mol. The molecule has 0 aliphatic carbocycles. The lowest BCUT2D eigenvalue weighted by molar-refractivity contribution is -0.107. The predicted octanol–water partition coefficient (Wildman–Crippen LogP) is 1.52. The Morgan fingerprint density at radius 3 is 3.00 bits per heavy atom. The Labute approximate surface area is 77.8 Å². The van der Waals surface area contributed by atoms with Gasteiger partial charge in [0.1, 0.15) is 6.29 Å². The van der Waals surface area contributed by atoms with Gasteiger partial charge in [0.05, 0.1) is 6.42 Å². The minimum Gasteiger partial charge on any atom is -0.398 e. The van der Waals surface area contributed by atoms with E-state index in [-0.39, 0.29) is 6.42 Å². The number of carbonyl (C=O) groups is 1. The zero-order valence-electron chi connectivity index (χ0n) is 7.50. The van der Waals surface area contributed by atoms with Crippen molar-refractivity contribution in [2.24, 2.45) is 0 Å². The second kappa shape index (κ2) is 4.32. The second-order valence-electron chi connectivity index (χ2n) is 2.76. The van der Waals surface area contributed by atoms with Crippen molar-refractivity contribution in [2.75, 3.05) is 5.73 Å². The minimum absolute atomic E-state index is 0.257. The standard InChI is InChI=1S/C11H11NO/c1-9-5-6-11(12)10(8-9)4-2-3-7-13/h5-8H,3,12H2,1H3. The van der Waals surface area contributed by atoms with E-state index in [0.29, 0.717) is 5.69 Å². The van der Waals surface area contributed by atoms with Crippen LogP contribution in [0.3, 0.4) is 0 Å². The monoisotopic (exact) mass is 173 g/mol. The molecule has 0 bridgehead atoms. The van der Waals surface area contributed by atoms with Gasteiger partial charge in [-0.25, -0.2) is 0 Å². The fourth-order valence-electron chi connectivity index (χ4n) is 0.966. The third kappa shape index (κ3) is 2.64. The van der Waals surface area contributed by atoms with Gasteiger partial charge in [-0.05, 0) is 24.6 Å². The molecule has 0 aromatic heterocycles. The Balaban J connectivity index is 2.95. The quantitative estimate of drug-likeness (QED) is 0.397. The number of hydrogen-bond donors (Lipinski definition) is 1. The molecule has 0 radical (unpaired) electrons. The third-order valence-corrected chi connectivity index (χ3v) is 1.62. The normalized spacial score (nSPS) is 8.69. The molecule has 1 rings (SSSR count). The topological polar surface area (TPSA) is 43.1 Å². The Morgan fingerprint density at radius 1 is 1.54 bits per heavy atom. The van der Waals surface area contributed by atoms with Crippen LogP contribution in [0.5, 0.6) is 0 Å². The van der Waals surface area contributed by atoms with E-state index in [2.05, 4.69) is 11.8 Å². The van der Waals surface area contributed by atoms with Gasteiger partial charge in [0, 0.05) is 11.3 Å². The second-order valence-corrected chi connectivity index (χ2v) is 2.76. The molecule has 1 aromatic carbocycles.